The Kier molecular flexibility index (Phi) is 8.20. The molecule has 4 rings (SSSR count). The highest BCUT2D eigenvalue weighted by molar-refractivity contribution is 6.30. The summed E-state index contributed by atoms with van der Waals surface area (Å²) in [6, 6.07) is 24.8. The summed E-state index contributed by atoms with van der Waals surface area (Å²) in [5, 5.41) is 29.4. The minimum absolute atomic E-state index is 0.0234. The number of nitrogens with zero attached hydrogens (tertiary/aromatic N) is 1. The largest absolute Gasteiger partial charge is 0.395 e. The maximum absolute atomic E-state index is 9.93. The van der Waals surface area contributed by atoms with Gasteiger partial charge in [-0.05, 0) is 64.6 Å². The second-order valence-electron chi connectivity index (χ2n) is 8.45. The molecule has 0 aliphatic heterocycles. The number of allylic oxidation sites excluding steroid dienone is 2. The number of rotatable bonds is 9. The van der Waals surface area contributed by atoms with Crippen LogP contribution in [0.4, 0.5) is 5.69 Å². The summed E-state index contributed by atoms with van der Waals surface area (Å²) < 4.78 is 0. The van der Waals surface area contributed by atoms with Gasteiger partial charge in [0.25, 0.3) is 0 Å². The van der Waals surface area contributed by atoms with Crippen LogP contribution in [0.25, 0.3) is 5.57 Å². The van der Waals surface area contributed by atoms with Crippen molar-refractivity contribution in [3.05, 3.63) is 118 Å². The molecule has 1 aliphatic carbocycles. The molecule has 0 fully saturated rings. The predicted molar refractivity (Wildman–Crippen MR) is 139 cm³/mol. The van der Waals surface area contributed by atoms with Crippen LogP contribution in [-0.2, 0) is 0 Å². The summed E-state index contributed by atoms with van der Waals surface area (Å²) in [5.74, 6) is 0.0234. The Labute approximate surface area is 206 Å². The second kappa shape index (κ2) is 11.5. The lowest BCUT2D eigenvalue weighted by atomic mass is 9.84. The van der Waals surface area contributed by atoms with Crippen LogP contribution >= 0.6 is 11.6 Å². The van der Waals surface area contributed by atoms with Crippen molar-refractivity contribution in [1.29, 1.82) is 0 Å². The van der Waals surface area contributed by atoms with Crippen LogP contribution in [0.1, 0.15) is 34.6 Å². The van der Waals surface area contributed by atoms with Gasteiger partial charge in [-0.25, -0.2) is 0 Å². The molecule has 4 nitrogen and oxygen atoms in total. The Morgan fingerprint density at radius 2 is 1.32 bits per heavy atom. The number of hydrogen-bond donors (Lipinski definition) is 3. The molecule has 0 saturated carbocycles. The first-order valence-electron chi connectivity index (χ1n) is 11.6. The van der Waals surface area contributed by atoms with Crippen LogP contribution in [-0.4, -0.2) is 47.7 Å². The zero-order valence-electron chi connectivity index (χ0n) is 19.0. The van der Waals surface area contributed by atoms with Crippen molar-refractivity contribution in [3.63, 3.8) is 0 Å². The van der Waals surface area contributed by atoms with Gasteiger partial charge in [0.15, 0.2) is 0 Å². The van der Waals surface area contributed by atoms with E-state index in [1.165, 1.54) is 0 Å². The summed E-state index contributed by atoms with van der Waals surface area (Å²) in [4.78, 5) is 1.97. The third kappa shape index (κ3) is 5.78. The average molecular weight is 476 g/mol. The molecule has 2 unspecified atom stereocenters. The van der Waals surface area contributed by atoms with E-state index >= 15 is 0 Å². The maximum atomic E-state index is 9.93. The minimum Gasteiger partial charge on any atom is -0.395 e. The van der Waals surface area contributed by atoms with Gasteiger partial charge in [-0.15, -0.1) is 0 Å². The monoisotopic (exact) mass is 475 g/mol. The first kappa shape index (κ1) is 24.2. The Morgan fingerprint density at radius 1 is 0.794 bits per heavy atom. The molecule has 5 heteroatoms. The van der Waals surface area contributed by atoms with E-state index in [1.54, 1.807) is 6.08 Å². The van der Waals surface area contributed by atoms with E-state index in [9.17, 15) is 15.3 Å². The number of halogens is 1. The Balaban J connectivity index is 1.67. The number of aliphatic hydroxyl groups is 3. The average Bonchev–Trinajstić information content (AvgIpc) is 2.86. The molecule has 0 saturated heterocycles. The molecule has 3 N–H and O–H groups in total. The molecule has 176 valence electrons. The highest BCUT2D eigenvalue weighted by Gasteiger charge is 2.18. The van der Waals surface area contributed by atoms with Gasteiger partial charge < -0.3 is 20.2 Å². The van der Waals surface area contributed by atoms with Gasteiger partial charge in [0, 0.05) is 29.7 Å². The van der Waals surface area contributed by atoms with Crippen LogP contribution in [0.2, 0.25) is 5.02 Å². The first-order chi connectivity index (χ1) is 16.6. The Morgan fingerprint density at radius 3 is 1.85 bits per heavy atom. The van der Waals surface area contributed by atoms with E-state index in [1.807, 2.05) is 41.3 Å². The topological polar surface area (TPSA) is 63.9 Å². The lowest BCUT2D eigenvalue weighted by Gasteiger charge is -2.25. The molecule has 3 aromatic carbocycles. The zero-order valence-corrected chi connectivity index (χ0v) is 19.8. The molecule has 2 atom stereocenters. The summed E-state index contributed by atoms with van der Waals surface area (Å²) in [6.07, 6.45) is 5.99. The van der Waals surface area contributed by atoms with Crippen molar-refractivity contribution in [3.8, 4) is 0 Å². The second-order valence-corrected chi connectivity index (χ2v) is 8.88. The molecule has 0 amide bonds. The quantitative estimate of drug-likeness (QED) is 0.300. The van der Waals surface area contributed by atoms with Gasteiger partial charge in [-0.2, -0.15) is 0 Å². The van der Waals surface area contributed by atoms with Crippen molar-refractivity contribution in [2.45, 2.75) is 18.4 Å². The third-order valence-corrected chi connectivity index (χ3v) is 6.44. The van der Waals surface area contributed by atoms with Crippen molar-refractivity contribution >= 4 is 22.9 Å². The number of anilines is 1. The van der Waals surface area contributed by atoms with Gasteiger partial charge in [0.05, 0.1) is 19.3 Å². The smallest absolute Gasteiger partial charge is 0.0908 e. The highest BCUT2D eigenvalue weighted by atomic mass is 35.5. The van der Waals surface area contributed by atoms with Gasteiger partial charge in [0.2, 0.25) is 0 Å². The molecular weight excluding hydrogens is 446 g/mol. The number of aliphatic hydroxyl groups excluding tert-OH is 3. The minimum atomic E-state index is -0.528. The van der Waals surface area contributed by atoms with Gasteiger partial charge in [-0.3, -0.25) is 0 Å². The SMILES string of the molecule is OCCN(CCO)c1ccc(C(c2ccc(Cl)cc2)c2ccc(C3=CC(O)C=CC3)cc2)cc1. The molecule has 0 heterocycles. The third-order valence-electron chi connectivity index (χ3n) is 6.19. The summed E-state index contributed by atoms with van der Waals surface area (Å²) in [5.41, 5.74) is 6.65. The van der Waals surface area contributed by atoms with E-state index in [-0.39, 0.29) is 19.1 Å². The van der Waals surface area contributed by atoms with Crippen LogP contribution in [0.15, 0.2) is 91.0 Å². The summed E-state index contributed by atoms with van der Waals surface area (Å²) >= 11 is 6.16. The van der Waals surface area contributed by atoms with E-state index < -0.39 is 6.10 Å². The van der Waals surface area contributed by atoms with Crippen LogP contribution in [0.5, 0.6) is 0 Å². The highest BCUT2D eigenvalue weighted by Crippen LogP contribution is 2.35. The van der Waals surface area contributed by atoms with Crippen molar-refractivity contribution < 1.29 is 15.3 Å². The molecule has 0 aromatic heterocycles. The Bertz CT molecular complexity index is 1120. The standard InChI is InChI=1S/C29H30ClNO3/c30-26-12-8-23(9-13-26)29(24-10-14-27(15-11-24)31(16-18-32)17-19-33)22-6-4-21(5-7-22)25-2-1-3-28(34)20-25/h1,3-15,20,28-29,32-34H,2,16-19H2. The van der Waals surface area contributed by atoms with Crippen molar-refractivity contribution in [2.24, 2.45) is 0 Å². The number of hydrogen-bond acceptors (Lipinski definition) is 4. The number of benzene rings is 3. The molecule has 34 heavy (non-hydrogen) atoms. The van der Waals surface area contributed by atoms with Crippen molar-refractivity contribution in [2.75, 3.05) is 31.2 Å². The molecule has 3 aromatic rings. The van der Waals surface area contributed by atoms with Gasteiger partial charge in [-0.1, -0.05) is 72.3 Å². The van der Waals surface area contributed by atoms with Gasteiger partial charge in [0.1, 0.15) is 0 Å². The van der Waals surface area contributed by atoms with Gasteiger partial charge >= 0.3 is 0 Å². The lowest BCUT2D eigenvalue weighted by Crippen LogP contribution is -2.29. The summed E-state index contributed by atoms with van der Waals surface area (Å²) in [6.45, 7) is 1.01. The summed E-state index contributed by atoms with van der Waals surface area (Å²) in [7, 11) is 0. The molecular formula is C29H30ClNO3. The lowest BCUT2D eigenvalue weighted by molar-refractivity contribution is 0.270. The van der Waals surface area contributed by atoms with Crippen LogP contribution in [0.3, 0.4) is 0 Å². The fourth-order valence-corrected chi connectivity index (χ4v) is 4.62. The van der Waals surface area contributed by atoms with Crippen LogP contribution < -0.4 is 4.90 Å². The normalized spacial score (nSPS) is 16.2. The maximum Gasteiger partial charge on any atom is 0.0908 e. The predicted octanol–water partition coefficient (Wildman–Crippen LogP) is 5.02. The zero-order chi connectivity index (χ0) is 23.9. The van der Waals surface area contributed by atoms with E-state index in [2.05, 4.69) is 48.5 Å². The van der Waals surface area contributed by atoms with E-state index in [0.29, 0.717) is 18.1 Å². The van der Waals surface area contributed by atoms with E-state index in [0.717, 1.165) is 39.9 Å². The molecule has 1 aliphatic rings. The molecule has 0 spiro atoms. The first-order valence-corrected chi connectivity index (χ1v) is 11.9. The fourth-order valence-electron chi connectivity index (χ4n) is 4.49. The van der Waals surface area contributed by atoms with E-state index in [4.69, 9.17) is 11.6 Å². The Hall–Kier alpha value is -2.89. The van der Waals surface area contributed by atoms with Crippen molar-refractivity contribution in [1.82, 2.24) is 0 Å². The fraction of sp³-hybridized carbons (Fsp3) is 0.241. The van der Waals surface area contributed by atoms with Crippen LogP contribution in [0, 0.1) is 0 Å². The molecule has 0 radical (unpaired) electrons. The molecule has 0 bridgehead atoms.